The van der Waals surface area contributed by atoms with Crippen molar-refractivity contribution in [3.8, 4) is 0 Å². The van der Waals surface area contributed by atoms with Crippen LogP contribution in [-0.2, 0) is 22.9 Å². The maximum absolute atomic E-state index is 12.6. The molecular weight excluding hydrogens is 379 g/mol. The number of nitrogens with one attached hydrogen (secondary N) is 2. The molecule has 130 valence electrons. The highest BCUT2D eigenvalue weighted by Crippen LogP contribution is 2.31. The van der Waals surface area contributed by atoms with Crippen LogP contribution in [0.3, 0.4) is 0 Å². The summed E-state index contributed by atoms with van der Waals surface area (Å²) in [5.41, 5.74) is 3.34. The van der Waals surface area contributed by atoms with Crippen LogP contribution in [0.4, 0.5) is 0 Å². The lowest BCUT2D eigenvalue weighted by molar-refractivity contribution is 0.506. The highest BCUT2D eigenvalue weighted by molar-refractivity contribution is 7.89. The fourth-order valence-electron chi connectivity index (χ4n) is 3.41. The lowest BCUT2D eigenvalue weighted by Crippen LogP contribution is -2.38. The number of aromatic nitrogens is 1. The third kappa shape index (κ3) is 3.29. The van der Waals surface area contributed by atoms with E-state index in [1.54, 1.807) is 18.2 Å². The van der Waals surface area contributed by atoms with Crippen LogP contribution in [0.2, 0.25) is 10.0 Å². The van der Waals surface area contributed by atoms with E-state index in [4.69, 9.17) is 23.2 Å². The number of benzene rings is 2. The van der Waals surface area contributed by atoms with E-state index in [-0.39, 0.29) is 10.9 Å². The third-order valence-electron chi connectivity index (χ3n) is 4.58. The molecule has 0 saturated heterocycles. The first-order valence-corrected chi connectivity index (χ1v) is 10.2. The van der Waals surface area contributed by atoms with Crippen LogP contribution in [0.5, 0.6) is 0 Å². The number of sulfonamides is 1. The van der Waals surface area contributed by atoms with Gasteiger partial charge >= 0.3 is 0 Å². The molecule has 0 saturated carbocycles. The highest BCUT2D eigenvalue weighted by atomic mass is 35.5. The van der Waals surface area contributed by atoms with E-state index >= 15 is 0 Å². The number of aromatic amines is 1. The molecule has 3 aromatic rings. The van der Waals surface area contributed by atoms with Gasteiger partial charge in [0.25, 0.3) is 0 Å². The molecule has 1 aliphatic rings. The Labute approximate surface area is 156 Å². The Morgan fingerprint density at radius 3 is 2.68 bits per heavy atom. The average Bonchev–Trinajstić information content (AvgIpc) is 2.92. The van der Waals surface area contributed by atoms with Crippen LogP contribution in [0.1, 0.15) is 17.7 Å². The second-order valence-electron chi connectivity index (χ2n) is 6.29. The van der Waals surface area contributed by atoms with Crippen molar-refractivity contribution in [3.63, 3.8) is 0 Å². The highest BCUT2D eigenvalue weighted by Gasteiger charge is 2.26. The molecule has 2 aromatic carbocycles. The topological polar surface area (TPSA) is 62.0 Å². The summed E-state index contributed by atoms with van der Waals surface area (Å²) < 4.78 is 28.1. The molecule has 4 rings (SSSR count). The Morgan fingerprint density at radius 2 is 1.88 bits per heavy atom. The van der Waals surface area contributed by atoms with Crippen LogP contribution in [0.25, 0.3) is 10.9 Å². The lowest BCUT2D eigenvalue weighted by Gasteiger charge is -2.23. The first kappa shape index (κ1) is 16.9. The van der Waals surface area contributed by atoms with Gasteiger partial charge in [-0.1, -0.05) is 29.3 Å². The number of rotatable bonds is 3. The van der Waals surface area contributed by atoms with Gasteiger partial charge in [0.1, 0.15) is 0 Å². The SMILES string of the molecule is O=S(=O)(NC1CCc2[nH]c3ccc(Cl)cc3c2C1)c1cccc(Cl)c1. The largest absolute Gasteiger partial charge is 0.358 e. The Bertz CT molecular complexity index is 1060. The minimum absolute atomic E-state index is 0.158. The second-order valence-corrected chi connectivity index (χ2v) is 8.88. The molecule has 4 nitrogen and oxygen atoms in total. The summed E-state index contributed by atoms with van der Waals surface area (Å²) in [5, 5.41) is 2.14. The molecule has 2 N–H and O–H groups in total. The van der Waals surface area contributed by atoms with Gasteiger partial charge in [-0.05, 0) is 61.2 Å². The van der Waals surface area contributed by atoms with E-state index in [9.17, 15) is 8.42 Å². The standard InChI is InChI=1S/C18H16Cl2N2O2S/c19-11-2-1-3-14(8-11)25(23,24)22-13-5-7-18-16(10-13)15-9-12(20)4-6-17(15)21-18/h1-4,6,8-9,13,21-22H,5,7,10H2. The van der Waals surface area contributed by atoms with Crippen molar-refractivity contribution in [2.45, 2.75) is 30.2 Å². The fraction of sp³-hybridized carbons (Fsp3) is 0.222. The van der Waals surface area contributed by atoms with Crippen molar-refractivity contribution in [1.29, 1.82) is 0 Å². The van der Waals surface area contributed by atoms with Crippen molar-refractivity contribution in [1.82, 2.24) is 9.71 Å². The van der Waals surface area contributed by atoms with Crippen LogP contribution >= 0.6 is 23.2 Å². The Balaban J connectivity index is 1.62. The average molecular weight is 395 g/mol. The molecule has 0 spiro atoms. The fourth-order valence-corrected chi connectivity index (χ4v) is 5.15. The number of H-pyrrole nitrogens is 1. The molecule has 0 radical (unpaired) electrons. The van der Waals surface area contributed by atoms with Crippen molar-refractivity contribution in [2.75, 3.05) is 0 Å². The van der Waals surface area contributed by atoms with Crippen molar-refractivity contribution in [3.05, 3.63) is 63.8 Å². The number of halogens is 2. The van der Waals surface area contributed by atoms with Crippen molar-refractivity contribution >= 4 is 44.1 Å². The smallest absolute Gasteiger partial charge is 0.240 e. The Morgan fingerprint density at radius 1 is 1.08 bits per heavy atom. The van der Waals surface area contributed by atoms with E-state index in [0.29, 0.717) is 16.5 Å². The first-order valence-electron chi connectivity index (χ1n) is 7.99. The second kappa shape index (κ2) is 6.32. The van der Waals surface area contributed by atoms with E-state index in [2.05, 4.69) is 9.71 Å². The Kier molecular flexibility index (Phi) is 4.28. The van der Waals surface area contributed by atoms with Crippen LogP contribution in [0, 0.1) is 0 Å². The molecule has 0 fully saturated rings. The maximum Gasteiger partial charge on any atom is 0.240 e. The zero-order chi connectivity index (χ0) is 17.6. The van der Waals surface area contributed by atoms with Crippen molar-refractivity contribution < 1.29 is 8.42 Å². The normalized spacial score (nSPS) is 17.6. The summed E-state index contributed by atoms with van der Waals surface area (Å²) in [5.74, 6) is 0. The molecule has 25 heavy (non-hydrogen) atoms. The van der Waals surface area contributed by atoms with Gasteiger partial charge in [-0.2, -0.15) is 0 Å². The summed E-state index contributed by atoms with van der Waals surface area (Å²) in [7, 11) is -3.60. The molecule has 0 aliphatic heterocycles. The zero-order valence-electron chi connectivity index (χ0n) is 13.2. The van der Waals surface area contributed by atoms with Gasteiger partial charge < -0.3 is 4.98 Å². The molecule has 0 bridgehead atoms. The Hall–Kier alpha value is -1.53. The van der Waals surface area contributed by atoms with Gasteiger partial charge in [0.2, 0.25) is 10.0 Å². The summed E-state index contributed by atoms with van der Waals surface area (Å²) in [4.78, 5) is 3.60. The lowest BCUT2D eigenvalue weighted by atomic mass is 9.92. The number of fused-ring (bicyclic) bond motifs is 3. The zero-order valence-corrected chi connectivity index (χ0v) is 15.5. The van der Waals surface area contributed by atoms with E-state index in [0.717, 1.165) is 35.0 Å². The van der Waals surface area contributed by atoms with Gasteiger partial charge in [0.05, 0.1) is 4.90 Å². The molecule has 0 amide bonds. The maximum atomic E-state index is 12.6. The monoisotopic (exact) mass is 394 g/mol. The van der Waals surface area contributed by atoms with Crippen LogP contribution in [-0.4, -0.2) is 19.4 Å². The molecule has 1 heterocycles. The molecule has 1 aliphatic carbocycles. The van der Waals surface area contributed by atoms with Gasteiger partial charge in [-0.25, -0.2) is 13.1 Å². The van der Waals surface area contributed by atoms with Gasteiger partial charge in [0.15, 0.2) is 0 Å². The molecule has 7 heteroatoms. The minimum Gasteiger partial charge on any atom is -0.358 e. The number of hydrogen-bond acceptors (Lipinski definition) is 2. The van der Waals surface area contributed by atoms with Gasteiger partial charge in [-0.3, -0.25) is 0 Å². The molecular formula is C18H16Cl2N2O2S. The number of aryl methyl sites for hydroxylation is 1. The van der Waals surface area contributed by atoms with E-state index < -0.39 is 10.0 Å². The summed E-state index contributed by atoms with van der Waals surface area (Å²) >= 11 is 12.0. The predicted octanol–water partition coefficient (Wildman–Crippen LogP) is 4.31. The molecule has 1 atom stereocenters. The predicted molar refractivity (Wildman–Crippen MR) is 101 cm³/mol. The van der Waals surface area contributed by atoms with E-state index in [1.807, 2.05) is 18.2 Å². The van der Waals surface area contributed by atoms with E-state index in [1.165, 1.54) is 6.07 Å². The third-order valence-corrected chi connectivity index (χ3v) is 6.57. The number of hydrogen-bond donors (Lipinski definition) is 2. The van der Waals surface area contributed by atoms with Crippen LogP contribution in [0.15, 0.2) is 47.4 Å². The summed E-state index contributed by atoms with van der Waals surface area (Å²) in [6.45, 7) is 0. The van der Waals surface area contributed by atoms with Gasteiger partial charge in [0, 0.05) is 32.7 Å². The quantitative estimate of drug-likeness (QED) is 0.694. The van der Waals surface area contributed by atoms with Gasteiger partial charge in [-0.15, -0.1) is 0 Å². The molecule has 1 unspecified atom stereocenters. The summed E-state index contributed by atoms with van der Waals surface area (Å²) in [6.07, 6.45) is 2.17. The summed E-state index contributed by atoms with van der Waals surface area (Å²) in [6, 6.07) is 11.9. The van der Waals surface area contributed by atoms with Crippen LogP contribution < -0.4 is 4.72 Å². The first-order chi connectivity index (χ1) is 11.9. The van der Waals surface area contributed by atoms with Crippen molar-refractivity contribution in [2.24, 2.45) is 0 Å². The minimum atomic E-state index is -3.60. The molecule has 1 aromatic heterocycles.